The van der Waals surface area contributed by atoms with Crippen molar-refractivity contribution in [3.05, 3.63) is 29.8 Å². The normalized spacial score (nSPS) is 16.9. The third kappa shape index (κ3) is 4.72. The van der Waals surface area contributed by atoms with Crippen LogP contribution in [-0.2, 0) is 14.4 Å². The lowest BCUT2D eigenvalue weighted by molar-refractivity contribution is -0.142. The molecule has 1 aromatic carbocycles. The van der Waals surface area contributed by atoms with Crippen molar-refractivity contribution in [3.63, 3.8) is 0 Å². The van der Waals surface area contributed by atoms with Gasteiger partial charge in [0, 0.05) is 23.5 Å². The number of hydrogen-bond acceptors (Lipinski definition) is 6. The molecule has 0 bridgehead atoms. The van der Waals surface area contributed by atoms with Crippen molar-refractivity contribution in [2.24, 2.45) is 5.16 Å². The lowest BCUT2D eigenvalue weighted by Gasteiger charge is -2.41. The molecule has 1 fully saturated rings. The van der Waals surface area contributed by atoms with E-state index in [1.165, 1.54) is 0 Å². The Hall–Kier alpha value is -1.57. The average Bonchev–Trinajstić information content (AvgIpc) is 2.59. The first-order valence-electron chi connectivity index (χ1n) is 7.84. The number of ether oxygens (including phenoxy) is 1. The Balaban J connectivity index is 2.31. The molecule has 2 rings (SSSR count). The predicted octanol–water partition coefficient (Wildman–Crippen LogP) is 2.32. The second-order valence-electron chi connectivity index (χ2n) is 5.99. The van der Waals surface area contributed by atoms with Crippen LogP contribution in [-0.4, -0.2) is 66.4 Å². The zero-order chi connectivity index (χ0) is 17.6. The summed E-state index contributed by atoms with van der Waals surface area (Å²) in [6, 6.07) is 8.05. The van der Waals surface area contributed by atoms with Crippen LogP contribution in [0.5, 0.6) is 0 Å². The van der Waals surface area contributed by atoms with E-state index in [2.05, 4.69) is 23.9 Å². The minimum atomic E-state index is -1.04. The van der Waals surface area contributed by atoms with Crippen LogP contribution in [0.4, 0.5) is 0 Å². The maximum absolute atomic E-state index is 10.7. The van der Waals surface area contributed by atoms with Gasteiger partial charge in [-0.1, -0.05) is 17.3 Å². The lowest BCUT2D eigenvalue weighted by atomic mass is 9.90. The van der Waals surface area contributed by atoms with Gasteiger partial charge in [0.25, 0.3) is 0 Å². The number of thioether (sulfide) groups is 1. The fraction of sp³-hybridized carbons (Fsp3) is 0.529. The molecular weight excluding hydrogens is 328 g/mol. The molecule has 6 nitrogen and oxygen atoms in total. The first-order valence-corrected chi connectivity index (χ1v) is 9.07. The highest BCUT2D eigenvalue weighted by molar-refractivity contribution is 7.98. The molecule has 1 aliphatic heterocycles. The van der Waals surface area contributed by atoms with Crippen molar-refractivity contribution in [1.29, 1.82) is 0 Å². The van der Waals surface area contributed by atoms with Gasteiger partial charge in [-0.05, 0) is 32.2 Å². The van der Waals surface area contributed by atoms with Gasteiger partial charge in [-0.3, -0.25) is 4.90 Å². The van der Waals surface area contributed by atoms with E-state index >= 15 is 0 Å². The molecule has 1 aliphatic rings. The van der Waals surface area contributed by atoms with Gasteiger partial charge in [-0.25, -0.2) is 4.79 Å². The summed E-state index contributed by atoms with van der Waals surface area (Å²) in [5.74, 6) is -1.04. The Kier molecular flexibility index (Phi) is 6.65. The minimum absolute atomic E-state index is 0.400. The lowest BCUT2D eigenvalue weighted by Crippen LogP contribution is -2.54. The minimum Gasteiger partial charge on any atom is -0.479 e. The molecule has 24 heavy (non-hydrogen) atoms. The number of benzene rings is 1. The largest absolute Gasteiger partial charge is 0.479 e. The zero-order valence-electron chi connectivity index (χ0n) is 14.3. The summed E-state index contributed by atoms with van der Waals surface area (Å²) in [6.45, 7) is 6.65. The van der Waals surface area contributed by atoms with Crippen LogP contribution in [0.15, 0.2) is 34.3 Å². The summed E-state index contributed by atoms with van der Waals surface area (Å²) in [7, 11) is 0. The Bertz CT molecular complexity index is 581. The summed E-state index contributed by atoms with van der Waals surface area (Å²) in [4.78, 5) is 19.2. The van der Waals surface area contributed by atoms with E-state index in [4.69, 9.17) is 14.7 Å². The molecular formula is C17H24N2O4S. The smallest absolute Gasteiger partial charge is 0.344 e. The van der Waals surface area contributed by atoms with Crippen molar-refractivity contribution in [1.82, 2.24) is 4.90 Å². The van der Waals surface area contributed by atoms with Crippen molar-refractivity contribution in [3.8, 4) is 0 Å². The summed E-state index contributed by atoms with van der Waals surface area (Å²) in [6.07, 6.45) is 2.03. The fourth-order valence-corrected chi connectivity index (χ4v) is 3.10. The highest BCUT2D eigenvalue weighted by atomic mass is 32.2. The van der Waals surface area contributed by atoms with Gasteiger partial charge in [0.05, 0.1) is 18.8 Å². The Morgan fingerprint density at radius 1 is 1.33 bits per heavy atom. The van der Waals surface area contributed by atoms with Gasteiger partial charge < -0.3 is 14.7 Å². The topological polar surface area (TPSA) is 71.4 Å². The quantitative estimate of drug-likeness (QED) is 0.461. The third-order valence-electron chi connectivity index (χ3n) is 4.09. The highest BCUT2D eigenvalue weighted by Crippen LogP contribution is 2.24. The Morgan fingerprint density at radius 3 is 2.50 bits per heavy atom. The first-order chi connectivity index (χ1) is 11.4. The molecule has 0 aromatic heterocycles. The molecule has 1 N–H and O–H groups in total. The second-order valence-corrected chi connectivity index (χ2v) is 6.87. The van der Waals surface area contributed by atoms with Crippen molar-refractivity contribution in [2.45, 2.75) is 24.3 Å². The SMILES string of the molecule is CSc1ccc(C(=NOCC(=O)O)C(C)(C)N2CCOCC2)cc1. The molecule has 1 saturated heterocycles. The van der Waals surface area contributed by atoms with Crippen LogP contribution >= 0.6 is 11.8 Å². The van der Waals surface area contributed by atoms with Crippen LogP contribution in [0.3, 0.4) is 0 Å². The molecule has 132 valence electrons. The number of morpholine rings is 1. The van der Waals surface area contributed by atoms with Crippen LogP contribution in [0.2, 0.25) is 0 Å². The monoisotopic (exact) mass is 352 g/mol. The van der Waals surface area contributed by atoms with E-state index in [-0.39, 0.29) is 0 Å². The molecule has 0 radical (unpaired) electrons. The van der Waals surface area contributed by atoms with E-state index in [0.29, 0.717) is 13.2 Å². The van der Waals surface area contributed by atoms with Gasteiger partial charge in [0.1, 0.15) is 5.71 Å². The van der Waals surface area contributed by atoms with Gasteiger partial charge >= 0.3 is 5.97 Å². The molecule has 0 amide bonds. The van der Waals surface area contributed by atoms with E-state index in [1.807, 2.05) is 30.5 Å². The third-order valence-corrected chi connectivity index (χ3v) is 4.83. The average molecular weight is 352 g/mol. The number of carboxylic acid groups (broad SMARTS) is 1. The summed E-state index contributed by atoms with van der Waals surface area (Å²) in [5, 5.41) is 13.0. The maximum atomic E-state index is 10.7. The number of carbonyl (C=O) groups is 1. The van der Waals surface area contributed by atoms with Crippen molar-refractivity contribution >= 4 is 23.4 Å². The number of aliphatic carboxylic acids is 1. The standard InChI is InChI=1S/C17H24N2O4S/c1-17(2,19-8-10-22-11-9-19)16(18-23-12-15(20)21)13-4-6-14(24-3)7-5-13/h4-7H,8-12H2,1-3H3,(H,20,21). The second kappa shape index (κ2) is 8.50. The fourth-order valence-electron chi connectivity index (χ4n) is 2.69. The van der Waals surface area contributed by atoms with E-state index in [0.717, 1.165) is 29.3 Å². The number of hydrogen-bond donors (Lipinski definition) is 1. The van der Waals surface area contributed by atoms with Gasteiger partial charge in [-0.2, -0.15) is 0 Å². The molecule has 0 atom stereocenters. The number of carboxylic acids is 1. The highest BCUT2D eigenvalue weighted by Gasteiger charge is 2.35. The molecule has 7 heteroatoms. The van der Waals surface area contributed by atoms with Gasteiger partial charge in [0.15, 0.2) is 0 Å². The van der Waals surface area contributed by atoms with Crippen molar-refractivity contribution < 1.29 is 19.5 Å². The molecule has 1 aromatic rings. The molecule has 0 spiro atoms. The Morgan fingerprint density at radius 2 is 1.96 bits per heavy atom. The number of nitrogens with zero attached hydrogens (tertiary/aromatic N) is 2. The summed E-state index contributed by atoms with van der Waals surface area (Å²) in [5.41, 5.74) is 1.25. The summed E-state index contributed by atoms with van der Waals surface area (Å²) < 4.78 is 5.43. The number of rotatable bonds is 7. The zero-order valence-corrected chi connectivity index (χ0v) is 15.1. The predicted molar refractivity (Wildman–Crippen MR) is 94.8 cm³/mol. The van der Waals surface area contributed by atoms with Crippen LogP contribution < -0.4 is 0 Å². The molecule has 0 unspecified atom stereocenters. The maximum Gasteiger partial charge on any atom is 0.344 e. The van der Waals surface area contributed by atoms with Crippen LogP contribution in [0.25, 0.3) is 0 Å². The Labute approximate surface area is 146 Å². The van der Waals surface area contributed by atoms with Gasteiger partial charge in [0.2, 0.25) is 6.61 Å². The summed E-state index contributed by atoms with van der Waals surface area (Å²) >= 11 is 1.67. The number of oxime groups is 1. The van der Waals surface area contributed by atoms with Crippen molar-refractivity contribution in [2.75, 3.05) is 39.2 Å². The van der Waals surface area contributed by atoms with Gasteiger partial charge in [-0.15, -0.1) is 11.8 Å². The van der Waals surface area contributed by atoms with E-state index in [9.17, 15) is 4.79 Å². The van der Waals surface area contributed by atoms with E-state index in [1.54, 1.807) is 11.8 Å². The molecule has 0 aliphatic carbocycles. The molecule has 0 saturated carbocycles. The molecule has 1 heterocycles. The van der Waals surface area contributed by atoms with Crippen LogP contribution in [0, 0.1) is 0 Å². The van der Waals surface area contributed by atoms with E-state index < -0.39 is 18.1 Å². The van der Waals surface area contributed by atoms with Crippen LogP contribution in [0.1, 0.15) is 19.4 Å². The first kappa shape index (κ1) is 18.8.